The molecular formula is C13H14BrNO2. The number of rotatable bonds is 2. The molecule has 1 heterocycles. The first-order valence-electron chi connectivity index (χ1n) is 5.51. The Morgan fingerprint density at radius 3 is 2.82 bits per heavy atom. The van der Waals surface area contributed by atoms with E-state index in [0.717, 1.165) is 29.7 Å². The summed E-state index contributed by atoms with van der Waals surface area (Å²) in [6.07, 6.45) is 3.14. The van der Waals surface area contributed by atoms with E-state index in [1.807, 2.05) is 6.07 Å². The lowest BCUT2D eigenvalue weighted by molar-refractivity contribution is 0.0697. The Balaban J connectivity index is 2.37. The van der Waals surface area contributed by atoms with Crippen LogP contribution in [0.1, 0.15) is 23.7 Å². The normalized spacial score (nSPS) is 15.6. The summed E-state index contributed by atoms with van der Waals surface area (Å²) in [5.41, 5.74) is 2.52. The molecule has 4 heteroatoms. The molecule has 1 aliphatic rings. The van der Waals surface area contributed by atoms with Gasteiger partial charge in [0.05, 0.1) is 11.3 Å². The van der Waals surface area contributed by atoms with Crippen molar-refractivity contribution in [3.05, 3.63) is 39.9 Å². The zero-order valence-electron chi connectivity index (χ0n) is 9.61. The number of benzene rings is 1. The maximum atomic E-state index is 11.2. The fourth-order valence-electron chi connectivity index (χ4n) is 1.94. The predicted molar refractivity (Wildman–Crippen MR) is 71.7 cm³/mol. The Kier molecular flexibility index (Phi) is 3.52. The van der Waals surface area contributed by atoms with Crippen molar-refractivity contribution in [1.82, 2.24) is 0 Å². The van der Waals surface area contributed by atoms with Crippen molar-refractivity contribution in [3.8, 4) is 0 Å². The molecule has 0 atom stereocenters. The minimum atomic E-state index is -0.876. The first-order valence-corrected chi connectivity index (χ1v) is 6.30. The zero-order valence-corrected chi connectivity index (χ0v) is 11.2. The van der Waals surface area contributed by atoms with Crippen molar-refractivity contribution < 1.29 is 9.90 Å². The quantitative estimate of drug-likeness (QED) is 0.851. The molecule has 2 rings (SSSR count). The maximum absolute atomic E-state index is 11.2. The molecule has 1 aliphatic heterocycles. The average molecular weight is 296 g/mol. The standard InChI is InChI=1S/C13H14BrNO2/c1-9-4-6-15(7-5-9)12-8-10(14)2-3-11(12)13(16)17/h2-4,8H,5-7H2,1H3,(H,16,17). The number of hydrogen-bond acceptors (Lipinski definition) is 2. The topological polar surface area (TPSA) is 40.5 Å². The number of nitrogens with zero attached hydrogens (tertiary/aromatic N) is 1. The molecule has 0 radical (unpaired) electrons. The largest absolute Gasteiger partial charge is 0.478 e. The van der Waals surface area contributed by atoms with Crippen LogP contribution >= 0.6 is 15.9 Å². The lowest BCUT2D eigenvalue weighted by atomic mass is 10.1. The molecule has 1 N–H and O–H groups in total. The van der Waals surface area contributed by atoms with Gasteiger partial charge in [0.2, 0.25) is 0 Å². The van der Waals surface area contributed by atoms with E-state index in [1.165, 1.54) is 5.57 Å². The monoisotopic (exact) mass is 295 g/mol. The van der Waals surface area contributed by atoms with E-state index in [9.17, 15) is 9.90 Å². The number of carboxylic acids is 1. The van der Waals surface area contributed by atoms with E-state index in [-0.39, 0.29) is 0 Å². The SMILES string of the molecule is CC1=CCN(c2cc(Br)ccc2C(=O)O)CC1. The van der Waals surface area contributed by atoms with Gasteiger partial charge in [-0.05, 0) is 31.5 Å². The first-order chi connectivity index (χ1) is 8.08. The number of halogens is 1. The molecule has 0 saturated carbocycles. The number of anilines is 1. The Morgan fingerprint density at radius 1 is 1.47 bits per heavy atom. The van der Waals surface area contributed by atoms with Gasteiger partial charge in [0.15, 0.2) is 0 Å². The van der Waals surface area contributed by atoms with Crippen molar-refractivity contribution in [1.29, 1.82) is 0 Å². The molecule has 0 spiro atoms. The van der Waals surface area contributed by atoms with Gasteiger partial charge < -0.3 is 10.0 Å². The second-order valence-corrected chi connectivity index (χ2v) is 5.13. The second kappa shape index (κ2) is 4.92. The molecule has 0 fully saturated rings. The van der Waals surface area contributed by atoms with Gasteiger partial charge in [-0.2, -0.15) is 0 Å². The fraction of sp³-hybridized carbons (Fsp3) is 0.308. The minimum Gasteiger partial charge on any atom is -0.478 e. The molecule has 90 valence electrons. The molecule has 0 saturated heterocycles. The van der Waals surface area contributed by atoms with Gasteiger partial charge in [-0.25, -0.2) is 4.79 Å². The van der Waals surface area contributed by atoms with Crippen LogP contribution in [0.2, 0.25) is 0 Å². The summed E-state index contributed by atoms with van der Waals surface area (Å²) >= 11 is 3.39. The van der Waals surface area contributed by atoms with Gasteiger partial charge in [-0.15, -0.1) is 0 Å². The van der Waals surface area contributed by atoms with Crippen LogP contribution in [-0.2, 0) is 0 Å². The summed E-state index contributed by atoms with van der Waals surface area (Å²) < 4.78 is 0.906. The Hall–Kier alpha value is -1.29. The van der Waals surface area contributed by atoms with Crippen molar-refractivity contribution in [2.45, 2.75) is 13.3 Å². The summed E-state index contributed by atoms with van der Waals surface area (Å²) in [4.78, 5) is 13.3. The molecule has 0 aromatic heterocycles. The number of carboxylic acid groups (broad SMARTS) is 1. The van der Waals surface area contributed by atoms with Crippen LogP contribution in [0.25, 0.3) is 0 Å². The highest BCUT2D eigenvalue weighted by Gasteiger charge is 2.17. The van der Waals surface area contributed by atoms with Gasteiger partial charge in [0, 0.05) is 17.6 Å². The van der Waals surface area contributed by atoms with Crippen molar-refractivity contribution in [2.24, 2.45) is 0 Å². The van der Waals surface area contributed by atoms with Gasteiger partial charge in [0.25, 0.3) is 0 Å². The summed E-state index contributed by atoms with van der Waals surface area (Å²) in [6, 6.07) is 5.28. The Morgan fingerprint density at radius 2 is 2.24 bits per heavy atom. The molecule has 3 nitrogen and oxygen atoms in total. The van der Waals surface area contributed by atoms with Crippen molar-refractivity contribution >= 4 is 27.6 Å². The van der Waals surface area contributed by atoms with Crippen LogP contribution in [0.4, 0.5) is 5.69 Å². The third kappa shape index (κ3) is 2.69. The molecule has 0 bridgehead atoms. The molecule has 0 unspecified atom stereocenters. The Bertz CT molecular complexity index is 482. The predicted octanol–water partition coefficient (Wildman–Crippen LogP) is 3.30. The van der Waals surface area contributed by atoms with Crippen LogP contribution in [0.3, 0.4) is 0 Å². The zero-order chi connectivity index (χ0) is 12.4. The highest BCUT2D eigenvalue weighted by atomic mass is 79.9. The highest BCUT2D eigenvalue weighted by Crippen LogP contribution is 2.27. The maximum Gasteiger partial charge on any atom is 0.337 e. The van der Waals surface area contributed by atoms with Gasteiger partial charge in [0.1, 0.15) is 0 Å². The van der Waals surface area contributed by atoms with Crippen LogP contribution < -0.4 is 4.90 Å². The van der Waals surface area contributed by atoms with E-state index < -0.39 is 5.97 Å². The highest BCUT2D eigenvalue weighted by molar-refractivity contribution is 9.10. The fourth-order valence-corrected chi connectivity index (χ4v) is 2.29. The second-order valence-electron chi connectivity index (χ2n) is 4.21. The van der Waals surface area contributed by atoms with Crippen LogP contribution in [0, 0.1) is 0 Å². The average Bonchev–Trinajstić information content (AvgIpc) is 2.29. The lowest BCUT2D eigenvalue weighted by Crippen LogP contribution is -2.29. The van der Waals surface area contributed by atoms with E-state index in [4.69, 9.17) is 0 Å². The van der Waals surface area contributed by atoms with Crippen molar-refractivity contribution in [2.75, 3.05) is 18.0 Å². The van der Waals surface area contributed by atoms with E-state index in [0.29, 0.717) is 5.56 Å². The first kappa shape index (κ1) is 12.2. The number of hydrogen-bond donors (Lipinski definition) is 1. The Labute approximate surface area is 109 Å². The molecule has 17 heavy (non-hydrogen) atoms. The summed E-state index contributed by atoms with van der Waals surface area (Å²) in [5.74, 6) is -0.876. The summed E-state index contributed by atoms with van der Waals surface area (Å²) in [7, 11) is 0. The molecular weight excluding hydrogens is 282 g/mol. The number of carbonyl (C=O) groups is 1. The summed E-state index contributed by atoms with van der Waals surface area (Å²) in [5, 5.41) is 9.18. The third-order valence-corrected chi connectivity index (χ3v) is 3.46. The van der Waals surface area contributed by atoms with Crippen LogP contribution in [0.5, 0.6) is 0 Å². The van der Waals surface area contributed by atoms with E-state index in [1.54, 1.807) is 12.1 Å². The summed E-state index contributed by atoms with van der Waals surface area (Å²) in [6.45, 7) is 3.76. The van der Waals surface area contributed by atoms with E-state index in [2.05, 4.69) is 33.8 Å². The molecule has 1 aromatic rings. The smallest absolute Gasteiger partial charge is 0.337 e. The molecule has 1 aromatic carbocycles. The van der Waals surface area contributed by atoms with E-state index >= 15 is 0 Å². The van der Waals surface area contributed by atoms with Crippen LogP contribution in [-0.4, -0.2) is 24.2 Å². The van der Waals surface area contributed by atoms with Crippen molar-refractivity contribution in [3.63, 3.8) is 0 Å². The lowest BCUT2D eigenvalue weighted by Gasteiger charge is -2.28. The van der Waals surface area contributed by atoms with Gasteiger partial charge >= 0.3 is 5.97 Å². The molecule has 0 amide bonds. The third-order valence-electron chi connectivity index (χ3n) is 2.97. The van der Waals surface area contributed by atoms with Gasteiger partial charge in [-0.1, -0.05) is 27.6 Å². The van der Waals surface area contributed by atoms with Crippen LogP contribution in [0.15, 0.2) is 34.3 Å². The molecule has 0 aliphatic carbocycles. The minimum absolute atomic E-state index is 0.362. The van der Waals surface area contributed by atoms with Gasteiger partial charge in [-0.3, -0.25) is 0 Å². The number of aromatic carboxylic acids is 1.